The first-order chi connectivity index (χ1) is 18.0. The highest BCUT2D eigenvalue weighted by molar-refractivity contribution is 6.02. The first-order valence-corrected chi connectivity index (χ1v) is 12.5. The molecule has 0 radical (unpaired) electrons. The lowest BCUT2D eigenvalue weighted by Crippen LogP contribution is -2.50. The normalized spacial score (nSPS) is 12.2. The molecule has 9 heteroatoms. The molecule has 0 fully saturated rings. The van der Waals surface area contributed by atoms with Gasteiger partial charge >= 0.3 is 0 Å². The van der Waals surface area contributed by atoms with Gasteiger partial charge in [-0.2, -0.15) is 4.80 Å². The molecular weight excluding hydrogens is 478 g/mol. The van der Waals surface area contributed by atoms with Crippen molar-refractivity contribution in [3.05, 3.63) is 89.2 Å². The van der Waals surface area contributed by atoms with E-state index in [1.165, 1.54) is 9.70 Å². The number of benzene rings is 2. The van der Waals surface area contributed by atoms with Gasteiger partial charge in [0.1, 0.15) is 12.6 Å². The molecule has 0 spiro atoms. The van der Waals surface area contributed by atoms with E-state index < -0.39 is 11.6 Å². The second-order valence-corrected chi connectivity index (χ2v) is 10.5. The summed E-state index contributed by atoms with van der Waals surface area (Å²) in [5.74, 6) is -0.227. The summed E-state index contributed by atoms with van der Waals surface area (Å²) in [6.45, 7) is 11.4. The smallest absolute Gasteiger partial charge is 0.251 e. The van der Waals surface area contributed by atoms with Crippen LogP contribution >= 0.6 is 0 Å². The van der Waals surface area contributed by atoms with Crippen molar-refractivity contribution in [3.63, 3.8) is 0 Å². The molecule has 4 aromatic rings. The van der Waals surface area contributed by atoms with Crippen molar-refractivity contribution in [1.29, 1.82) is 0 Å². The van der Waals surface area contributed by atoms with Crippen molar-refractivity contribution in [2.45, 2.75) is 59.7 Å². The monoisotopic (exact) mass is 511 g/mol. The van der Waals surface area contributed by atoms with Crippen molar-refractivity contribution in [2.24, 2.45) is 0 Å². The van der Waals surface area contributed by atoms with Gasteiger partial charge in [0.05, 0.1) is 0 Å². The zero-order valence-corrected chi connectivity index (χ0v) is 22.6. The van der Waals surface area contributed by atoms with Gasteiger partial charge in [0.15, 0.2) is 0 Å². The number of nitrogens with one attached hydrogen (secondary N) is 1. The maximum Gasteiger partial charge on any atom is 0.251 e. The van der Waals surface area contributed by atoms with Gasteiger partial charge in [0.2, 0.25) is 11.7 Å². The zero-order valence-electron chi connectivity index (χ0n) is 22.6. The van der Waals surface area contributed by atoms with Gasteiger partial charge in [-0.25, -0.2) is 0 Å². The summed E-state index contributed by atoms with van der Waals surface area (Å²) in [5.41, 5.74) is 4.53. The highest BCUT2D eigenvalue weighted by atomic mass is 16.2. The van der Waals surface area contributed by atoms with E-state index in [4.69, 9.17) is 0 Å². The number of rotatable bonds is 7. The third-order valence-corrected chi connectivity index (χ3v) is 5.96. The van der Waals surface area contributed by atoms with E-state index in [0.29, 0.717) is 17.1 Å². The van der Waals surface area contributed by atoms with E-state index in [-0.39, 0.29) is 18.4 Å². The predicted octanol–water partition coefficient (Wildman–Crippen LogP) is 4.35. The van der Waals surface area contributed by atoms with Crippen LogP contribution in [-0.4, -0.2) is 42.5 Å². The molecule has 2 amide bonds. The average molecular weight is 512 g/mol. The van der Waals surface area contributed by atoms with Crippen LogP contribution in [0.1, 0.15) is 49.1 Å². The number of aromatic nitrogens is 5. The number of carbonyl (C=O) groups excluding carboxylic acids is 2. The largest absolute Gasteiger partial charge is 0.349 e. The molecular formula is C29H33N7O2. The second kappa shape index (κ2) is 10.9. The first-order valence-electron chi connectivity index (χ1n) is 12.5. The topological polar surface area (TPSA) is 106 Å². The van der Waals surface area contributed by atoms with E-state index in [0.717, 1.165) is 22.3 Å². The maximum atomic E-state index is 14.1. The molecule has 2 aromatic heterocycles. The van der Waals surface area contributed by atoms with Gasteiger partial charge in [0, 0.05) is 29.2 Å². The van der Waals surface area contributed by atoms with Gasteiger partial charge in [-0.1, -0.05) is 42.0 Å². The van der Waals surface area contributed by atoms with Crippen LogP contribution in [0.3, 0.4) is 0 Å². The maximum absolute atomic E-state index is 14.1. The standard InChI is InChI=1S/C29H33N7O2/c1-19-8-11-23(12-9-19)27-32-34-35(33-27)18-25(37)36(24-17-20(2)7-10-21(24)3)26(22-13-15-30-16-14-22)28(38)31-29(4,5)6/h7-17,26H,18H2,1-6H3,(H,31,38). The molecule has 1 N–H and O–H groups in total. The van der Waals surface area contributed by atoms with E-state index in [1.54, 1.807) is 24.5 Å². The number of pyridine rings is 1. The molecule has 2 heterocycles. The lowest BCUT2D eigenvalue weighted by atomic mass is 10.00. The Labute approximate surface area is 222 Å². The number of amides is 2. The van der Waals surface area contributed by atoms with Crippen LogP contribution < -0.4 is 10.2 Å². The summed E-state index contributed by atoms with van der Waals surface area (Å²) in [5, 5.41) is 15.8. The van der Waals surface area contributed by atoms with Gasteiger partial charge in [-0.15, -0.1) is 10.2 Å². The third kappa shape index (κ3) is 6.29. The molecule has 196 valence electrons. The Morgan fingerprint density at radius 1 is 0.947 bits per heavy atom. The molecule has 0 saturated carbocycles. The van der Waals surface area contributed by atoms with Crippen molar-refractivity contribution in [2.75, 3.05) is 4.90 Å². The third-order valence-electron chi connectivity index (χ3n) is 5.96. The molecule has 0 aliphatic rings. The number of hydrogen-bond donors (Lipinski definition) is 1. The predicted molar refractivity (Wildman–Crippen MR) is 146 cm³/mol. The van der Waals surface area contributed by atoms with E-state index in [2.05, 4.69) is 25.7 Å². The number of carbonyl (C=O) groups is 2. The Balaban J connectivity index is 1.76. The van der Waals surface area contributed by atoms with Crippen LogP contribution in [0.4, 0.5) is 5.69 Å². The fourth-order valence-electron chi connectivity index (χ4n) is 4.12. The SMILES string of the molecule is Cc1ccc(-c2nnn(CC(=O)N(c3cc(C)ccc3C)C(C(=O)NC(C)(C)C)c3ccncc3)n2)cc1. The molecule has 1 unspecified atom stereocenters. The van der Waals surface area contributed by atoms with Crippen LogP contribution in [0.15, 0.2) is 67.0 Å². The molecule has 0 aliphatic carbocycles. The van der Waals surface area contributed by atoms with E-state index in [1.807, 2.05) is 84.0 Å². The van der Waals surface area contributed by atoms with Crippen LogP contribution in [-0.2, 0) is 16.1 Å². The fourth-order valence-corrected chi connectivity index (χ4v) is 4.12. The van der Waals surface area contributed by atoms with Crippen molar-refractivity contribution in [1.82, 2.24) is 30.5 Å². The van der Waals surface area contributed by atoms with Crippen molar-refractivity contribution >= 4 is 17.5 Å². The van der Waals surface area contributed by atoms with Crippen LogP contribution in [0.5, 0.6) is 0 Å². The van der Waals surface area contributed by atoms with E-state index in [9.17, 15) is 9.59 Å². The number of anilines is 1. The van der Waals surface area contributed by atoms with E-state index >= 15 is 0 Å². The number of nitrogens with zero attached hydrogens (tertiary/aromatic N) is 6. The van der Waals surface area contributed by atoms with Crippen LogP contribution in [0.25, 0.3) is 11.4 Å². The average Bonchev–Trinajstić information content (AvgIpc) is 3.32. The summed E-state index contributed by atoms with van der Waals surface area (Å²) in [6.07, 6.45) is 3.23. The minimum atomic E-state index is -0.940. The van der Waals surface area contributed by atoms with Crippen molar-refractivity contribution in [3.8, 4) is 11.4 Å². The fraction of sp³-hybridized carbons (Fsp3) is 0.310. The molecule has 0 saturated heterocycles. The summed E-state index contributed by atoms with van der Waals surface area (Å²) >= 11 is 0. The quantitative estimate of drug-likeness (QED) is 0.395. The number of aryl methyl sites for hydroxylation is 3. The Kier molecular flexibility index (Phi) is 7.66. The molecule has 0 aliphatic heterocycles. The Hall–Kier alpha value is -4.40. The molecule has 2 aromatic carbocycles. The number of tetrazole rings is 1. The van der Waals surface area contributed by atoms with Gasteiger partial charge in [-0.3, -0.25) is 19.5 Å². The minimum absolute atomic E-state index is 0.198. The molecule has 1 atom stereocenters. The highest BCUT2D eigenvalue weighted by Gasteiger charge is 2.35. The molecule has 9 nitrogen and oxygen atoms in total. The first kappa shape index (κ1) is 26.7. The van der Waals surface area contributed by atoms with Crippen LogP contribution in [0, 0.1) is 20.8 Å². The number of hydrogen-bond acceptors (Lipinski definition) is 6. The van der Waals surface area contributed by atoms with Gasteiger partial charge < -0.3 is 5.32 Å². The molecule has 38 heavy (non-hydrogen) atoms. The second-order valence-electron chi connectivity index (χ2n) is 10.5. The zero-order chi connectivity index (χ0) is 27.4. The van der Waals surface area contributed by atoms with Gasteiger partial charge in [-0.05, 0) is 81.6 Å². The molecule has 4 rings (SSSR count). The van der Waals surface area contributed by atoms with Crippen LogP contribution in [0.2, 0.25) is 0 Å². The lowest BCUT2D eigenvalue weighted by Gasteiger charge is -2.34. The highest BCUT2D eigenvalue weighted by Crippen LogP contribution is 2.32. The Morgan fingerprint density at radius 2 is 1.61 bits per heavy atom. The van der Waals surface area contributed by atoms with Gasteiger partial charge in [0.25, 0.3) is 5.91 Å². The summed E-state index contributed by atoms with van der Waals surface area (Å²) in [6, 6.07) is 16.2. The van der Waals surface area contributed by atoms with Crippen molar-refractivity contribution < 1.29 is 9.59 Å². The summed E-state index contributed by atoms with van der Waals surface area (Å²) < 4.78 is 0. The Morgan fingerprint density at radius 3 is 2.26 bits per heavy atom. The minimum Gasteiger partial charge on any atom is -0.349 e. The molecule has 0 bridgehead atoms. The summed E-state index contributed by atoms with van der Waals surface area (Å²) in [7, 11) is 0. The summed E-state index contributed by atoms with van der Waals surface area (Å²) in [4.78, 5) is 34.7. The lowest BCUT2D eigenvalue weighted by molar-refractivity contribution is -0.128. The Bertz CT molecular complexity index is 1420.